The first-order valence-corrected chi connectivity index (χ1v) is 4.43. The van der Waals surface area contributed by atoms with Gasteiger partial charge in [-0.25, -0.2) is 0 Å². The minimum atomic E-state index is -0.268. The van der Waals surface area contributed by atoms with Crippen LogP contribution in [0.5, 0.6) is 0 Å². The number of hydrogen-bond acceptors (Lipinski definition) is 5. The zero-order chi connectivity index (χ0) is 9.68. The summed E-state index contributed by atoms with van der Waals surface area (Å²) in [6.07, 6.45) is -0.106. The molecule has 5 nitrogen and oxygen atoms in total. The van der Waals surface area contributed by atoms with Crippen molar-refractivity contribution in [2.24, 2.45) is 0 Å². The van der Waals surface area contributed by atoms with Crippen molar-refractivity contribution in [2.75, 3.05) is 0 Å². The molecular formula is C7H8N4OS. The van der Waals surface area contributed by atoms with Crippen molar-refractivity contribution in [3.63, 3.8) is 0 Å². The van der Waals surface area contributed by atoms with Gasteiger partial charge in [-0.3, -0.25) is 4.79 Å². The SMILES string of the molecule is Cc1nnsc1CNC(=O)CC#N. The summed E-state index contributed by atoms with van der Waals surface area (Å²) in [7, 11) is 0. The molecule has 0 aliphatic heterocycles. The van der Waals surface area contributed by atoms with Crippen molar-refractivity contribution in [3.05, 3.63) is 10.6 Å². The van der Waals surface area contributed by atoms with Crippen LogP contribution in [0.3, 0.4) is 0 Å². The van der Waals surface area contributed by atoms with Crippen molar-refractivity contribution in [1.29, 1.82) is 5.26 Å². The summed E-state index contributed by atoms with van der Waals surface area (Å²) >= 11 is 1.25. The van der Waals surface area contributed by atoms with Crippen LogP contribution in [0.2, 0.25) is 0 Å². The topological polar surface area (TPSA) is 78.7 Å². The molecule has 1 aromatic heterocycles. The van der Waals surface area contributed by atoms with Gasteiger partial charge in [0.05, 0.1) is 23.2 Å². The number of nitrogens with zero attached hydrogens (tertiary/aromatic N) is 3. The van der Waals surface area contributed by atoms with E-state index in [1.165, 1.54) is 11.5 Å². The van der Waals surface area contributed by atoms with Crippen LogP contribution >= 0.6 is 11.5 Å². The summed E-state index contributed by atoms with van der Waals surface area (Å²) in [5, 5.41) is 14.6. The Morgan fingerprint density at radius 1 is 1.77 bits per heavy atom. The molecule has 13 heavy (non-hydrogen) atoms. The van der Waals surface area contributed by atoms with Crippen molar-refractivity contribution in [3.8, 4) is 6.07 Å². The summed E-state index contributed by atoms with van der Waals surface area (Å²) in [6.45, 7) is 2.24. The highest BCUT2D eigenvalue weighted by Gasteiger charge is 2.04. The van der Waals surface area contributed by atoms with Gasteiger partial charge in [-0.15, -0.1) is 5.10 Å². The van der Waals surface area contributed by atoms with E-state index in [9.17, 15) is 4.79 Å². The summed E-state index contributed by atoms with van der Waals surface area (Å²) in [6, 6.07) is 1.77. The Bertz CT molecular complexity index is 341. The zero-order valence-corrected chi connectivity index (χ0v) is 7.89. The zero-order valence-electron chi connectivity index (χ0n) is 7.07. The molecule has 0 aliphatic rings. The molecule has 1 amide bonds. The maximum atomic E-state index is 10.9. The molecule has 1 heterocycles. The highest BCUT2D eigenvalue weighted by Crippen LogP contribution is 2.07. The van der Waals surface area contributed by atoms with Crippen LogP contribution in [-0.2, 0) is 11.3 Å². The highest BCUT2D eigenvalue weighted by molar-refractivity contribution is 7.05. The lowest BCUT2D eigenvalue weighted by Crippen LogP contribution is -2.21. The van der Waals surface area contributed by atoms with E-state index in [2.05, 4.69) is 14.9 Å². The first kappa shape index (κ1) is 9.61. The monoisotopic (exact) mass is 196 g/mol. The fraction of sp³-hybridized carbons (Fsp3) is 0.429. The van der Waals surface area contributed by atoms with Crippen LogP contribution < -0.4 is 5.32 Å². The smallest absolute Gasteiger partial charge is 0.234 e. The third kappa shape index (κ3) is 2.80. The van der Waals surface area contributed by atoms with Gasteiger partial charge in [0.2, 0.25) is 5.91 Å². The second kappa shape index (κ2) is 4.52. The van der Waals surface area contributed by atoms with Gasteiger partial charge in [-0.05, 0) is 18.5 Å². The van der Waals surface area contributed by atoms with E-state index in [1.807, 2.05) is 6.92 Å². The lowest BCUT2D eigenvalue weighted by Gasteiger charge is -1.98. The molecule has 0 spiro atoms. The summed E-state index contributed by atoms with van der Waals surface area (Å²) in [5.74, 6) is -0.268. The average molecular weight is 196 g/mol. The van der Waals surface area contributed by atoms with Gasteiger partial charge in [0.25, 0.3) is 0 Å². The van der Waals surface area contributed by atoms with Crippen molar-refractivity contribution in [1.82, 2.24) is 14.9 Å². The van der Waals surface area contributed by atoms with Crippen LogP contribution in [0, 0.1) is 18.3 Å². The van der Waals surface area contributed by atoms with E-state index in [-0.39, 0.29) is 12.3 Å². The molecule has 1 N–H and O–H groups in total. The van der Waals surface area contributed by atoms with E-state index >= 15 is 0 Å². The number of nitrogens with one attached hydrogen (secondary N) is 1. The molecule has 0 bridgehead atoms. The standard InChI is InChI=1S/C7H8N4OS/c1-5-6(13-11-10-5)4-9-7(12)2-3-8/h2,4H2,1H3,(H,9,12). The fourth-order valence-corrected chi connectivity index (χ4v) is 1.30. The molecule has 0 saturated carbocycles. The second-order valence-corrected chi connectivity index (χ2v) is 3.23. The molecule has 0 atom stereocenters. The first-order chi connectivity index (χ1) is 6.24. The molecule has 1 aromatic rings. The maximum absolute atomic E-state index is 10.9. The quantitative estimate of drug-likeness (QED) is 0.757. The van der Waals surface area contributed by atoms with Gasteiger partial charge in [0.1, 0.15) is 6.42 Å². The number of aryl methyl sites for hydroxylation is 1. The van der Waals surface area contributed by atoms with E-state index in [1.54, 1.807) is 6.07 Å². The predicted molar refractivity (Wildman–Crippen MR) is 46.7 cm³/mol. The van der Waals surface area contributed by atoms with Crippen LogP contribution in [0.15, 0.2) is 0 Å². The lowest BCUT2D eigenvalue weighted by molar-refractivity contribution is -0.120. The largest absolute Gasteiger partial charge is 0.350 e. The molecule has 0 aromatic carbocycles. The summed E-state index contributed by atoms with van der Waals surface area (Å²) in [4.78, 5) is 11.8. The Morgan fingerprint density at radius 3 is 3.08 bits per heavy atom. The normalized spacial score (nSPS) is 9.23. The molecule has 68 valence electrons. The summed E-state index contributed by atoms with van der Waals surface area (Å²) in [5.41, 5.74) is 0.822. The Hall–Kier alpha value is -1.48. The Morgan fingerprint density at radius 2 is 2.54 bits per heavy atom. The minimum Gasteiger partial charge on any atom is -0.350 e. The first-order valence-electron chi connectivity index (χ1n) is 3.65. The number of rotatable bonds is 3. The average Bonchev–Trinajstić information content (AvgIpc) is 2.48. The van der Waals surface area contributed by atoms with Gasteiger partial charge in [0.15, 0.2) is 0 Å². The maximum Gasteiger partial charge on any atom is 0.234 e. The Kier molecular flexibility index (Phi) is 3.34. The van der Waals surface area contributed by atoms with Crippen LogP contribution in [0.25, 0.3) is 0 Å². The van der Waals surface area contributed by atoms with Gasteiger partial charge in [0, 0.05) is 0 Å². The molecule has 0 radical (unpaired) electrons. The highest BCUT2D eigenvalue weighted by atomic mass is 32.1. The van der Waals surface area contributed by atoms with Gasteiger partial charge >= 0.3 is 0 Å². The predicted octanol–water partition coefficient (Wildman–Crippen LogP) is 0.376. The molecule has 1 rings (SSSR count). The fourth-order valence-electron chi connectivity index (χ4n) is 0.726. The van der Waals surface area contributed by atoms with Crippen LogP contribution in [0.4, 0.5) is 0 Å². The van der Waals surface area contributed by atoms with Crippen LogP contribution in [-0.4, -0.2) is 15.5 Å². The molecule has 0 aliphatic carbocycles. The second-order valence-electron chi connectivity index (χ2n) is 2.39. The molecule has 6 heteroatoms. The third-order valence-electron chi connectivity index (χ3n) is 1.43. The third-order valence-corrected chi connectivity index (χ3v) is 2.25. The minimum absolute atomic E-state index is 0.106. The number of amides is 1. The van der Waals surface area contributed by atoms with E-state index in [0.29, 0.717) is 6.54 Å². The Labute approximate surface area is 79.5 Å². The van der Waals surface area contributed by atoms with Crippen LogP contribution in [0.1, 0.15) is 17.0 Å². The van der Waals surface area contributed by atoms with Gasteiger partial charge < -0.3 is 5.32 Å². The van der Waals surface area contributed by atoms with Gasteiger partial charge in [-0.2, -0.15) is 5.26 Å². The summed E-state index contributed by atoms with van der Waals surface area (Å²) < 4.78 is 3.72. The molecule has 0 fully saturated rings. The van der Waals surface area contributed by atoms with Gasteiger partial charge in [-0.1, -0.05) is 4.49 Å². The molecular weight excluding hydrogens is 188 g/mol. The van der Waals surface area contributed by atoms with E-state index in [4.69, 9.17) is 5.26 Å². The number of aromatic nitrogens is 2. The van der Waals surface area contributed by atoms with Crippen molar-refractivity contribution in [2.45, 2.75) is 19.9 Å². The number of carbonyl (C=O) groups excluding carboxylic acids is 1. The molecule has 0 saturated heterocycles. The van der Waals surface area contributed by atoms with E-state index < -0.39 is 0 Å². The van der Waals surface area contributed by atoms with E-state index in [0.717, 1.165) is 10.6 Å². The number of hydrogen-bond donors (Lipinski definition) is 1. The van der Waals surface area contributed by atoms with Crippen molar-refractivity contribution >= 4 is 17.4 Å². The number of nitriles is 1. The Balaban J connectivity index is 2.40. The molecule has 0 unspecified atom stereocenters. The van der Waals surface area contributed by atoms with Crippen molar-refractivity contribution < 1.29 is 4.79 Å². The number of carbonyl (C=O) groups is 1. The lowest BCUT2D eigenvalue weighted by atomic mass is 10.4.